The first-order chi connectivity index (χ1) is 7.74. The molecule has 0 saturated carbocycles. The Morgan fingerprint density at radius 1 is 1.53 bits per heavy atom. The van der Waals surface area contributed by atoms with E-state index in [0.717, 1.165) is 25.6 Å². The molecule has 1 unspecified atom stereocenters. The van der Waals surface area contributed by atoms with Gasteiger partial charge >= 0.3 is 0 Å². The summed E-state index contributed by atoms with van der Waals surface area (Å²) >= 11 is 5.75. The van der Waals surface area contributed by atoms with Crippen molar-refractivity contribution in [3.8, 4) is 0 Å². The van der Waals surface area contributed by atoms with Crippen LogP contribution in [0.25, 0.3) is 0 Å². The smallest absolute Gasteiger partial charge is 0.129 e. The lowest BCUT2D eigenvalue weighted by atomic mass is 10.1. The average Bonchev–Trinajstić information content (AvgIpc) is 2.74. The molecule has 2 rings (SSSR count). The summed E-state index contributed by atoms with van der Waals surface area (Å²) in [7, 11) is 2.16. The number of pyridine rings is 1. The second-order valence-electron chi connectivity index (χ2n) is 4.54. The number of halogens is 2. The Bertz CT molecular complexity index is 323. The standard InChI is InChI=1S/C12H18ClN3.ClH/c1-16(9-11-4-5-14-6-11)8-10-2-3-12(13)15-7-10;/h2-3,7,11,14H,4-6,8-9H2,1H3;1H. The van der Waals surface area contributed by atoms with Crippen LogP contribution >= 0.6 is 24.0 Å². The number of hydrogen-bond acceptors (Lipinski definition) is 3. The van der Waals surface area contributed by atoms with Gasteiger partial charge in [0, 0.05) is 19.3 Å². The van der Waals surface area contributed by atoms with Crippen molar-refractivity contribution in [3.63, 3.8) is 0 Å². The highest BCUT2D eigenvalue weighted by molar-refractivity contribution is 6.29. The van der Waals surface area contributed by atoms with E-state index in [1.807, 2.05) is 18.3 Å². The maximum absolute atomic E-state index is 5.75. The summed E-state index contributed by atoms with van der Waals surface area (Å²) in [6.45, 7) is 4.42. The quantitative estimate of drug-likeness (QED) is 0.854. The van der Waals surface area contributed by atoms with Gasteiger partial charge in [-0.1, -0.05) is 17.7 Å². The molecule has 0 spiro atoms. The van der Waals surface area contributed by atoms with Gasteiger partial charge in [0.05, 0.1) is 0 Å². The van der Waals surface area contributed by atoms with Crippen molar-refractivity contribution in [1.82, 2.24) is 15.2 Å². The summed E-state index contributed by atoms with van der Waals surface area (Å²) < 4.78 is 0. The number of rotatable bonds is 4. The molecular formula is C12H19Cl2N3. The van der Waals surface area contributed by atoms with Gasteiger partial charge < -0.3 is 10.2 Å². The van der Waals surface area contributed by atoms with Gasteiger partial charge in [0.15, 0.2) is 0 Å². The van der Waals surface area contributed by atoms with E-state index in [0.29, 0.717) is 5.15 Å². The molecule has 1 aliphatic heterocycles. The largest absolute Gasteiger partial charge is 0.316 e. The summed E-state index contributed by atoms with van der Waals surface area (Å²) in [5.41, 5.74) is 1.22. The van der Waals surface area contributed by atoms with Gasteiger partial charge in [0.2, 0.25) is 0 Å². The first-order valence-corrected chi connectivity index (χ1v) is 6.11. The average molecular weight is 276 g/mol. The summed E-state index contributed by atoms with van der Waals surface area (Å²) in [5, 5.41) is 3.95. The van der Waals surface area contributed by atoms with Gasteiger partial charge in [-0.25, -0.2) is 4.98 Å². The zero-order valence-electron chi connectivity index (χ0n) is 10.0. The monoisotopic (exact) mass is 275 g/mol. The van der Waals surface area contributed by atoms with Crippen LogP contribution in [-0.4, -0.2) is 36.6 Å². The zero-order valence-corrected chi connectivity index (χ0v) is 11.6. The lowest BCUT2D eigenvalue weighted by molar-refractivity contribution is 0.278. The first kappa shape index (κ1) is 14.7. The molecule has 1 aromatic rings. The summed E-state index contributed by atoms with van der Waals surface area (Å²) in [4.78, 5) is 6.44. The maximum atomic E-state index is 5.75. The van der Waals surface area contributed by atoms with E-state index in [4.69, 9.17) is 11.6 Å². The van der Waals surface area contributed by atoms with Crippen molar-refractivity contribution in [3.05, 3.63) is 29.0 Å². The SMILES string of the molecule is CN(Cc1ccc(Cl)nc1)CC1CCNC1.Cl. The van der Waals surface area contributed by atoms with E-state index in [-0.39, 0.29) is 12.4 Å². The van der Waals surface area contributed by atoms with Crippen molar-refractivity contribution < 1.29 is 0 Å². The van der Waals surface area contributed by atoms with Crippen LogP contribution in [0.1, 0.15) is 12.0 Å². The second-order valence-corrected chi connectivity index (χ2v) is 4.93. The van der Waals surface area contributed by atoms with E-state index < -0.39 is 0 Å². The molecule has 5 heteroatoms. The molecule has 0 amide bonds. The normalized spacial score (nSPS) is 19.4. The van der Waals surface area contributed by atoms with E-state index in [1.165, 1.54) is 18.5 Å². The molecule has 0 aromatic carbocycles. The minimum absolute atomic E-state index is 0. The fourth-order valence-corrected chi connectivity index (χ4v) is 2.30. The molecule has 1 atom stereocenters. The fourth-order valence-electron chi connectivity index (χ4n) is 2.19. The number of hydrogen-bond donors (Lipinski definition) is 1. The van der Waals surface area contributed by atoms with Gasteiger partial charge in [-0.3, -0.25) is 0 Å². The van der Waals surface area contributed by atoms with Crippen LogP contribution < -0.4 is 5.32 Å². The second kappa shape index (κ2) is 7.17. The Kier molecular flexibility index (Phi) is 6.20. The summed E-state index contributed by atoms with van der Waals surface area (Å²) in [5.74, 6) is 0.797. The van der Waals surface area contributed by atoms with E-state index >= 15 is 0 Å². The van der Waals surface area contributed by atoms with Crippen LogP contribution in [0.15, 0.2) is 18.3 Å². The van der Waals surface area contributed by atoms with E-state index in [1.54, 1.807) is 0 Å². The minimum atomic E-state index is 0. The summed E-state index contributed by atoms with van der Waals surface area (Å²) in [6.07, 6.45) is 3.15. The molecular weight excluding hydrogens is 257 g/mol. The maximum Gasteiger partial charge on any atom is 0.129 e. The van der Waals surface area contributed by atoms with Crippen molar-refractivity contribution in [1.29, 1.82) is 0 Å². The van der Waals surface area contributed by atoms with Crippen molar-refractivity contribution >= 4 is 24.0 Å². The van der Waals surface area contributed by atoms with Crippen molar-refractivity contribution in [2.75, 3.05) is 26.7 Å². The first-order valence-electron chi connectivity index (χ1n) is 5.74. The molecule has 3 nitrogen and oxygen atoms in total. The molecule has 17 heavy (non-hydrogen) atoms. The number of nitrogens with zero attached hydrogens (tertiary/aromatic N) is 2. The third kappa shape index (κ3) is 4.80. The minimum Gasteiger partial charge on any atom is -0.316 e. The zero-order chi connectivity index (χ0) is 11.4. The molecule has 0 radical (unpaired) electrons. The third-order valence-electron chi connectivity index (χ3n) is 2.97. The fraction of sp³-hybridized carbons (Fsp3) is 0.583. The molecule has 1 saturated heterocycles. The molecule has 1 N–H and O–H groups in total. The Balaban J connectivity index is 0.00000144. The number of aromatic nitrogens is 1. The lowest BCUT2D eigenvalue weighted by Crippen LogP contribution is -2.26. The molecule has 1 aliphatic rings. The van der Waals surface area contributed by atoms with Gasteiger partial charge in [-0.15, -0.1) is 12.4 Å². The molecule has 2 heterocycles. The van der Waals surface area contributed by atoms with Crippen LogP contribution in [0.2, 0.25) is 5.15 Å². The number of nitrogens with one attached hydrogen (secondary N) is 1. The predicted molar refractivity (Wildman–Crippen MR) is 73.8 cm³/mol. The Morgan fingerprint density at radius 2 is 2.35 bits per heavy atom. The van der Waals surface area contributed by atoms with E-state index in [9.17, 15) is 0 Å². The van der Waals surface area contributed by atoms with Crippen LogP contribution in [0.5, 0.6) is 0 Å². The van der Waals surface area contributed by atoms with Crippen LogP contribution in [0, 0.1) is 5.92 Å². The van der Waals surface area contributed by atoms with Gasteiger partial charge in [-0.2, -0.15) is 0 Å². The highest BCUT2D eigenvalue weighted by Crippen LogP contribution is 2.12. The molecule has 0 bridgehead atoms. The molecule has 0 aliphatic carbocycles. The predicted octanol–water partition coefficient (Wildman–Crippen LogP) is 2.20. The Labute approximate surface area is 114 Å². The summed E-state index contributed by atoms with van der Waals surface area (Å²) in [6, 6.07) is 3.89. The van der Waals surface area contributed by atoms with Gasteiger partial charge in [0.25, 0.3) is 0 Å². The topological polar surface area (TPSA) is 28.2 Å². The van der Waals surface area contributed by atoms with Crippen LogP contribution in [0.3, 0.4) is 0 Å². The highest BCUT2D eigenvalue weighted by Gasteiger charge is 2.16. The molecule has 1 fully saturated rings. The van der Waals surface area contributed by atoms with Crippen LogP contribution in [0.4, 0.5) is 0 Å². The van der Waals surface area contributed by atoms with Crippen LogP contribution in [-0.2, 0) is 6.54 Å². The van der Waals surface area contributed by atoms with Gasteiger partial charge in [0.1, 0.15) is 5.15 Å². The highest BCUT2D eigenvalue weighted by atomic mass is 35.5. The van der Waals surface area contributed by atoms with E-state index in [2.05, 4.69) is 22.2 Å². The molecule has 1 aromatic heterocycles. The van der Waals surface area contributed by atoms with Crippen molar-refractivity contribution in [2.24, 2.45) is 5.92 Å². The lowest BCUT2D eigenvalue weighted by Gasteiger charge is -2.20. The van der Waals surface area contributed by atoms with Crippen molar-refractivity contribution in [2.45, 2.75) is 13.0 Å². The molecule has 96 valence electrons. The Morgan fingerprint density at radius 3 is 2.94 bits per heavy atom. The third-order valence-corrected chi connectivity index (χ3v) is 3.20. The van der Waals surface area contributed by atoms with Gasteiger partial charge in [-0.05, 0) is 44.1 Å². The Hall–Kier alpha value is -0.350.